The van der Waals surface area contributed by atoms with E-state index in [4.69, 9.17) is 11.6 Å². The van der Waals surface area contributed by atoms with Crippen LogP contribution in [0.1, 0.15) is 24.5 Å². The van der Waals surface area contributed by atoms with Crippen LogP contribution in [0.3, 0.4) is 0 Å². The highest BCUT2D eigenvalue weighted by Gasteiger charge is 2.27. The second-order valence-electron chi connectivity index (χ2n) is 3.79. The van der Waals surface area contributed by atoms with E-state index < -0.39 is 0 Å². The summed E-state index contributed by atoms with van der Waals surface area (Å²) in [4.78, 5) is 8.77. The van der Waals surface area contributed by atoms with E-state index in [1.54, 1.807) is 0 Å². The zero-order valence-electron chi connectivity index (χ0n) is 7.87. The fourth-order valence-corrected chi connectivity index (χ4v) is 2.37. The molecular weight excluding hydrogens is 275 g/mol. The molecular formula is C11H8BrClN2. The quantitative estimate of drug-likeness (QED) is 0.741. The molecule has 0 bridgehead atoms. The minimum atomic E-state index is 0.602. The first-order valence-electron chi connectivity index (χ1n) is 4.87. The van der Waals surface area contributed by atoms with Crippen molar-refractivity contribution in [1.82, 2.24) is 9.97 Å². The number of rotatable bonds is 1. The van der Waals surface area contributed by atoms with E-state index in [1.807, 2.05) is 18.2 Å². The van der Waals surface area contributed by atoms with Gasteiger partial charge >= 0.3 is 0 Å². The molecule has 2 nitrogen and oxygen atoms in total. The summed E-state index contributed by atoms with van der Waals surface area (Å²) in [6.45, 7) is 0. The fourth-order valence-electron chi connectivity index (χ4n) is 1.78. The molecule has 15 heavy (non-hydrogen) atoms. The Labute approximate surface area is 101 Å². The Kier molecular flexibility index (Phi) is 2.18. The van der Waals surface area contributed by atoms with Gasteiger partial charge in [-0.05, 0) is 34.8 Å². The normalized spacial score (nSPS) is 15.9. The van der Waals surface area contributed by atoms with Gasteiger partial charge in [0.2, 0.25) is 0 Å². The third kappa shape index (κ3) is 1.64. The van der Waals surface area contributed by atoms with Crippen LogP contribution < -0.4 is 0 Å². The van der Waals surface area contributed by atoms with Crippen LogP contribution in [0.15, 0.2) is 22.9 Å². The average Bonchev–Trinajstić information content (AvgIpc) is 3.02. The molecule has 1 fully saturated rings. The van der Waals surface area contributed by atoms with E-state index in [0.29, 0.717) is 15.7 Å². The summed E-state index contributed by atoms with van der Waals surface area (Å²) in [6, 6.07) is 5.86. The highest BCUT2D eigenvalue weighted by atomic mass is 79.9. The van der Waals surface area contributed by atoms with Gasteiger partial charge < -0.3 is 0 Å². The molecule has 1 aromatic carbocycles. The van der Waals surface area contributed by atoms with Crippen molar-refractivity contribution < 1.29 is 0 Å². The van der Waals surface area contributed by atoms with Gasteiger partial charge in [-0.25, -0.2) is 9.97 Å². The van der Waals surface area contributed by atoms with Gasteiger partial charge in [-0.15, -0.1) is 0 Å². The second kappa shape index (κ2) is 3.42. The number of aromatic nitrogens is 2. The van der Waals surface area contributed by atoms with Crippen LogP contribution in [0.5, 0.6) is 0 Å². The van der Waals surface area contributed by atoms with Crippen LogP contribution in [0.2, 0.25) is 5.02 Å². The summed E-state index contributed by atoms with van der Waals surface area (Å²) in [5, 5.41) is 1.78. The summed E-state index contributed by atoms with van der Waals surface area (Å²) < 4.78 is 0.630. The maximum absolute atomic E-state index is 6.11. The average molecular weight is 284 g/mol. The summed E-state index contributed by atoms with van der Waals surface area (Å²) >= 11 is 9.45. The third-order valence-electron chi connectivity index (χ3n) is 2.64. The van der Waals surface area contributed by atoms with Gasteiger partial charge in [0.1, 0.15) is 0 Å². The smallest absolute Gasteiger partial charge is 0.197 e. The van der Waals surface area contributed by atoms with Crippen LogP contribution in [0.4, 0.5) is 0 Å². The number of hydrogen-bond donors (Lipinski definition) is 0. The number of fused-ring (bicyclic) bond motifs is 1. The summed E-state index contributed by atoms with van der Waals surface area (Å²) in [6.07, 6.45) is 2.45. The molecule has 1 aliphatic carbocycles. The van der Waals surface area contributed by atoms with Crippen LogP contribution in [-0.2, 0) is 0 Å². The lowest BCUT2D eigenvalue weighted by molar-refractivity contribution is 0.996. The molecule has 0 unspecified atom stereocenters. The van der Waals surface area contributed by atoms with Crippen LogP contribution in [-0.4, -0.2) is 9.97 Å². The molecule has 1 aliphatic rings. The van der Waals surface area contributed by atoms with Crippen LogP contribution in [0.25, 0.3) is 10.9 Å². The lowest BCUT2D eigenvalue weighted by atomic mass is 10.1. The number of para-hydroxylation sites is 1. The molecule has 1 heterocycles. The Morgan fingerprint density at radius 1 is 1.27 bits per heavy atom. The van der Waals surface area contributed by atoms with Gasteiger partial charge in [0, 0.05) is 11.3 Å². The minimum absolute atomic E-state index is 0.602. The van der Waals surface area contributed by atoms with E-state index >= 15 is 0 Å². The third-order valence-corrected chi connectivity index (χ3v) is 3.30. The first-order valence-corrected chi connectivity index (χ1v) is 6.04. The van der Waals surface area contributed by atoms with Gasteiger partial charge in [0.05, 0.1) is 16.2 Å². The van der Waals surface area contributed by atoms with Crippen molar-refractivity contribution >= 4 is 38.4 Å². The number of hydrogen-bond acceptors (Lipinski definition) is 2. The van der Waals surface area contributed by atoms with Crippen molar-refractivity contribution in [2.75, 3.05) is 0 Å². The molecule has 1 saturated carbocycles. The van der Waals surface area contributed by atoms with Crippen molar-refractivity contribution in [2.24, 2.45) is 0 Å². The van der Waals surface area contributed by atoms with Crippen LogP contribution >= 0.6 is 27.5 Å². The molecule has 4 heteroatoms. The van der Waals surface area contributed by atoms with E-state index in [9.17, 15) is 0 Å². The number of halogens is 2. The molecule has 0 N–H and O–H groups in total. The van der Waals surface area contributed by atoms with Gasteiger partial charge in [-0.1, -0.05) is 23.7 Å². The molecule has 0 amide bonds. The molecule has 3 rings (SSSR count). The Hall–Kier alpha value is -0.670. The highest BCUT2D eigenvalue weighted by Crippen LogP contribution is 2.42. The van der Waals surface area contributed by atoms with Gasteiger partial charge in [0.25, 0.3) is 0 Å². The highest BCUT2D eigenvalue weighted by molar-refractivity contribution is 9.10. The summed E-state index contributed by atoms with van der Waals surface area (Å²) in [7, 11) is 0. The molecule has 0 spiro atoms. The maximum Gasteiger partial charge on any atom is 0.197 e. The van der Waals surface area contributed by atoms with Crippen molar-refractivity contribution in [1.29, 1.82) is 0 Å². The van der Waals surface area contributed by atoms with Gasteiger partial charge in [0.15, 0.2) is 4.73 Å². The maximum atomic E-state index is 6.11. The topological polar surface area (TPSA) is 25.8 Å². The predicted octanol–water partition coefficient (Wildman–Crippen LogP) is 3.92. The Bertz CT molecular complexity index is 537. The summed E-state index contributed by atoms with van der Waals surface area (Å²) in [5.41, 5.74) is 1.98. The number of nitrogens with zero attached hydrogens (tertiary/aromatic N) is 2. The number of benzene rings is 1. The van der Waals surface area contributed by atoms with Crippen molar-refractivity contribution in [2.45, 2.75) is 18.8 Å². The molecule has 0 radical (unpaired) electrons. The predicted molar refractivity (Wildman–Crippen MR) is 64.2 cm³/mol. The second-order valence-corrected chi connectivity index (χ2v) is 4.90. The Balaban J connectivity index is 2.38. The Morgan fingerprint density at radius 2 is 2.07 bits per heavy atom. The molecule has 0 atom stereocenters. The first kappa shape index (κ1) is 9.55. The Morgan fingerprint density at radius 3 is 2.80 bits per heavy atom. The largest absolute Gasteiger partial charge is 0.226 e. The fraction of sp³-hybridized carbons (Fsp3) is 0.273. The standard InChI is InChI=1S/C11H8BrClN2/c12-11-14-9(6-4-5-6)7-2-1-3-8(13)10(7)15-11/h1-3,6H,4-5H2. The van der Waals surface area contributed by atoms with Gasteiger partial charge in [-0.3, -0.25) is 0 Å². The lowest BCUT2D eigenvalue weighted by Gasteiger charge is -2.05. The zero-order valence-corrected chi connectivity index (χ0v) is 10.2. The van der Waals surface area contributed by atoms with E-state index in [0.717, 1.165) is 16.6 Å². The van der Waals surface area contributed by atoms with Gasteiger partial charge in [-0.2, -0.15) is 0 Å². The first-order chi connectivity index (χ1) is 7.25. The van der Waals surface area contributed by atoms with Crippen molar-refractivity contribution in [3.63, 3.8) is 0 Å². The van der Waals surface area contributed by atoms with E-state index in [2.05, 4.69) is 25.9 Å². The van der Waals surface area contributed by atoms with Crippen molar-refractivity contribution in [3.05, 3.63) is 33.6 Å². The molecule has 1 aromatic heterocycles. The monoisotopic (exact) mass is 282 g/mol. The molecule has 0 saturated heterocycles. The minimum Gasteiger partial charge on any atom is -0.226 e. The van der Waals surface area contributed by atoms with Crippen LogP contribution in [0, 0.1) is 0 Å². The summed E-state index contributed by atoms with van der Waals surface area (Å²) in [5.74, 6) is 0.602. The van der Waals surface area contributed by atoms with E-state index in [1.165, 1.54) is 12.8 Å². The van der Waals surface area contributed by atoms with Crippen molar-refractivity contribution in [3.8, 4) is 0 Å². The zero-order chi connectivity index (χ0) is 10.4. The molecule has 2 aromatic rings. The SMILES string of the molecule is Clc1cccc2c(C3CC3)nc(Br)nc12. The lowest BCUT2D eigenvalue weighted by Crippen LogP contribution is -1.94. The molecule has 76 valence electrons. The van der Waals surface area contributed by atoms with E-state index in [-0.39, 0.29) is 0 Å². The molecule has 0 aliphatic heterocycles.